The SMILES string of the molecule is O=c1oc2ccccc2c2c(-c3ccc(F)cc3)nn(-c3ccc([N+](=O)[O-])cc3)c12. The van der Waals surface area contributed by atoms with Gasteiger partial charge in [0.2, 0.25) is 0 Å². The van der Waals surface area contributed by atoms with Crippen molar-refractivity contribution in [1.82, 2.24) is 9.78 Å². The number of rotatable bonds is 3. The smallest absolute Gasteiger partial charge is 0.363 e. The summed E-state index contributed by atoms with van der Waals surface area (Å²) in [5.74, 6) is -0.387. The number of fused-ring (bicyclic) bond motifs is 3. The number of benzene rings is 3. The summed E-state index contributed by atoms with van der Waals surface area (Å²) in [5.41, 5.74) is 1.49. The molecule has 0 unspecified atom stereocenters. The van der Waals surface area contributed by atoms with Gasteiger partial charge >= 0.3 is 5.63 Å². The molecule has 5 aromatic rings. The van der Waals surface area contributed by atoms with Gasteiger partial charge in [0, 0.05) is 28.5 Å². The summed E-state index contributed by atoms with van der Waals surface area (Å²) >= 11 is 0. The Morgan fingerprint density at radius 2 is 1.67 bits per heavy atom. The maximum atomic E-state index is 13.5. The fraction of sp³-hybridized carbons (Fsp3) is 0. The van der Waals surface area contributed by atoms with E-state index in [1.807, 2.05) is 12.1 Å². The minimum Gasteiger partial charge on any atom is -0.421 e. The maximum absolute atomic E-state index is 13.5. The molecule has 5 rings (SSSR count). The topological polar surface area (TPSA) is 91.2 Å². The second-order valence-corrected chi connectivity index (χ2v) is 6.65. The minimum absolute atomic E-state index is 0.0774. The Morgan fingerprint density at radius 3 is 2.37 bits per heavy atom. The van der Waals surface area contributed by atoms with Crippen LogP contribution in [0, 0.1) is 15.9 Å². The number of para-hydroxylation sites is 1. The quantitative estimate of drug-likeness (QED) is 0.245. The molecule has 8 heteroatoms. The third-order valence-electron chi connectivity index (χ3n) is 4.86. The van der Waals surface area contributed by atoms with Crippen LogP contribution >= 0.6 is 0 Å². The van der Waals surface area contributed by atoms with Gasteiger partial charge in [-0.2, -0.15) is 5.10 Å². The second kappa shape index (κ2) is 6.63. The Morgan fingerprint density at radius 1 is 0.967 bits per heavy atom. The highest BCUT2D eigenvalue weighted by Gasteiger charge is 2.21. The van der Waals surface area contributed by atoms with Crippen LogP contribution in [0.3, 0.4) is 0 Å². The van der Waals surface area contributed by atoms with Crippen LogP contribution in [-0.2, 0) is 0 Å². The van der Waals surface area contributed by atoms with Crippen LogP contribution in [0.4, 0.5) is 10.1 Å². The molecule has 146 valence electrons. The van der Waals surface area contributed by atoms with Gasteiger partial charge < -0.3 is 4.42 Å². The first-order valence-electron chi connectivity index (χ1n) is 8.98. The lowest BCUT2D eigenvalue weighted by molar-refractivity contribution is -0.384. The summed E-state index contributed by atoms with van der Waals surface area (Å²) in [7, 11) is 0. The number of hydrogen-bond donors (Lipinski definition) is 0. The largest absolute Gasteiger partial charge is 0.421 e. The van der Waals surface area contributed by atoms with Gasteiger partial charge in [-0.3, -0.25) is 10.1 Å². The average molecular weight is 401 g/mol. The van der Waals surface area contributed by atoms with E-state index in [1.165, 1.54) is 41.1 Å². The number of nitro groups is 1. The van der Waals surface area contributed by atoms with Crippen LogP contribution in [0.15, 0.2) is 82.0 Å². The highest BCUT2D eigenvalue weighted by molar-refractivity contribution is 6.10. The molecule has 2 heterocycles. The molecule has 0 fully saturated rings. The number of non-ortho nitro benzene ring substituents is 1. The molecule has 0 saturated carbocycles. The Hall–Kier alpha value is -4.33. The van der Waals surface area contributed by atoms with Crippen molar-refractivity contribution in [3.05, 3.63) is 99.1 Å². The molecule has 3 aromatic carbocycles. The van der Waals surface area contributed by atoms with E-state index in [0.717, 1.165) is 0 Å². The molecule has 0 aliphatic heterocycles. The predicted molar refractivity (Wildman–Crippen MR) is 109 cm³/mol. The molecule has 0 atom stereocenters. The van der Waals surface area contributed by atoms with Gasteiger partial charge in [-0.1, -0.05) is 18.2 Å². The van der Waals surface area contributed by atoms with E-state index < -0.39 is 10.5 Å². The van der Waals surface area contributed by atoms with Crippen LogP contribution in [0.5, 0.6) is 0 Å². The summed E-state index contributed by atoms with van der Waals surface area (Å²) in [4.78, 5) is 23.3. The summed E-state index contributed by atoms with van der Waals surface area (Å²) in [6, 6.07) is 18.6. The van der Waals surface area contributed by atoms with E-state index in [4.69, 9.17) is 4.42 Å². The third-order valence-corrected chi connectivity index (χ3v) is 4.86. The summed E-state index contributed by atoms with van der Waals surface area (Å²) < 4.78 is 20.3. The van der Waals surface area contributed by atoms with Gasteiger partial charge in [0.05, 0.1) is 10.6 Å². The van der Waals surface area contributed by atoms with E-state index >= 15 is 0 Å². The highest BCUT2D eigenvalue weighted by Crippen LogP contribution is 2.33. The van der Waals surface area contributed by atoms with Gasteiger partial charge in [-0.05, 0) is 42.5 Å². The number of hydrogen-bond acceptors (Lipinski definition) is 5. The first-order chi connectivity index (χ1) is 14.5. The summed E-state index contributed by atoms with van der Waals surface area (Å²) in [5, 5.41) is 16.8. The molecular formula is C22H12FN3O4. The lowest BCUT2D eigenvalue weighted by Gasteiger charge is -2.03. The van der Waals surface area contributed by atoms with Crippen LogP contribution < -0.4 is 5.63 Å². The zero-order chi connectivity index (χ0) is 20.8. The van der Waals surface area contributed by atoms with Crippen molar-refractivity contribution in [2.24, 2.45) is 0 Å². The predicted octanol–water partition coefficient (Wildman–Crippen LogP) is 4.85. The number of nitro benzene ring substituents is 1. The fourth-order valence-electron chi connectivity index (χ4n) is 3.48. The van der Waals surface area contributed by atoms with E-state index in [9.17, 15) is 19.3 Å². The van der Waals surface area contributed by atoms with Gasteiger partial charge in [0.15, 0.2) is 5.52 Å². The molecule has 0 bridgehead atoms. The zero-order valence-electron chi connectivity index (χ0n) is 15.3. The van der Waals surface area contributed by atoms with E-state index in [-0.39, 0.29) is 17.0 Å². The molecule has 0 spiro atoms. The maximum Gasteiger partial charge on any atom is 0.363 e. The summed E-state index contributed by atoms with van der Waals surface area (Å²) in [6.45, 7) is 0. The molecule has 2 aromatic heterocycles. The van der Waals surface area contributed by atoms with Gasteiger partial charge in [-0.15, -0.1) is 0 Å². The molecule has 30 heavy (non-hydrogen) atoms. The number of halogens is 1. The van der Waals surface area contributed by atoms with Crippen molar-refractivity contribution in [3.63, 3.8) is 0 Å². The van der Waals surface area contributed by atoms with Gasteiger partial charge in [0.1, 0.15) is 17.1 Å². The first-order valence-corrected chi connectivity index (χ1v) is 8.98. The second-order valence-electron chi connectivity index (χ2n) is 6.65. The van der Waals surface area contributed by atoms with Crippen molar-refractivity contribution in [3.8, 4) is 16.9 Å². The third kappa shape index (κ3) is 2.74. The Bertz CT molecular complexity index is 1490. The van der Waals surface area contributed by atoms with Gasteiger partial charge in [-0.25, -0.2) is 13.9 Å². The van der Waals surface area contributed by atoms with E-state index in [1.54, 1.807) is 24.3 Å². The monoisotopic (exact) mass is 401 g/mol. The van der Waals surface area contributed by atoms with Crippen molar-refractivity contribution < 1.29 is 13.7 Å². The molecular weight excluding hydrogens is 389 g/mol. The first kappa shape index (κ1) is 17.7. The van der Waals surface area contributed by atoms with Crippen LogP contribution in [0.2, 0.25) is 0 Å². The van der Waals surface area contributed by atoms with Crippen molar-refractivity contribution in [2.45, 2.75) is 0 Å². The molecule has 0 aliphatic carbocycles. The van der Waals surface area contributed by atoms with Crippen LogP contribution in [0.1, 0.15) is 0 Å². The lowest BCUT2D eigenvalue weighted by Crippen LogP contribution is -2.07. The Labute approximate surface area is 167 Å². The fourth-order valence-corrected chi connectivity index (χ4v) is 3.48. The van der Waals surface area contributed by atoms with Crippen molar-refractivity contribution in [1.29, 1.82) is 0 Å². The minimum atomic E-state index is -0.595. The molecule has 0 amide bonds. The normalized spacial score (nSPS) is 11.2. The highest BCUT2D eigenvalue weighted by atomic mass is 19.1. The van der Waals surface area contributed by atoms with E-state index in [0.29, 0.717) is 33.3 Å². The van der Waals surface area contributed by atoms with Crippen LogP contribution in [0.25, 0.3) is 38.8 Å². The molecule has 7 nitrogen and oxygen atoms in total. The number of nitrogens with zero attached hydrogens (tertiary/aromatic N) is 3. The standard InChI is InChI=1S/C22H12FN3O4/c23-14-7-5-13(6-8-14)20-19-17-3-1-2-4-18(17)30-22(27)21(19)25(24-20)15-9-11-16(12-10-15)26(28)29/h1-12H. The molecule has 0 radical (unpaired) electrons. The van der Waals surface area contributed by atoms with Crippen LogP contribution in [-0.4, -0.2) is 14.7 Å². The van der Waals surface area contributed by atoms with Gasteiger partial charge in [0.25, 0.3) is 5.69 Å². The Balaban J connectivity index is 1.88. The molecule has 0 N–H and O–H groups in total. The van der Waals surface area contributed by atoms with Crippen molar-refractivity contribution >= 4 is 27.6 Å². The average Bonchev–Trinajstić information content (AvgIpc) is 3.16. The summed E-state index contributed by atoms with van der Waals surface area (Å²) in [6.07, 6.45) is 0. The zero-order valence-corrected chi connectivity index (χ0v) is 15.3. The van der Waals surface area contributed by atoms with Crippen molar-refractivity contribution in [2.75, 3.05) is 0 Å². The Kier molecular flexibility index (Phi) is 3.92. The number of aromatic nitrogens is 2. The lowest BCUT2D eigenvalue weighted by atomic mass is 10.1. The van der Waals surface area contributed by atoms with E-state index in [2.05, 4.69) is 5.10 Å². The molecule has 0 aliphatic rings. The molecule has 0 saturated heterocycles.